The molecule has 1 aliphatic rings. The summed E-state index contributed by atoms with van der Waals surface area (Å²) in [5.41, 5.74) is 4.44. The van der Waals surface area contributed by atoms with E-state index < -0.39 is 10.0 Å². The molecule has 0 radical (unpaired) electrons. The number of nitrogens with zero attached hydrogens (tertiary/aromatic N) is 1. The first kappa shape index (κ1) is 22.0. The predicted octanol–water partition coefficient (Wildman–Crippen LogP) is 4.72. The predicted molar refractivity (Wildman–Crippen MR) is 120 cm³/mol. The molecule has 2 aromatic rings. The van der Waals surface area contributed by atoms with Gasteiger partial charge in [-0.05, 0) is 85.3 Å². The molecule has 1 amide bonds. The summed E-state index contributed by atoms with van der Waals surface area (Å²) in [4.78, 5) is 13.1. The van der Waals surface area contributed by atoms with Gasteiger partial charge in [-0.1, -0.05) is 23.8 Å². The molecule has 0 atom stereocenters. The fraction of sp³-hybridized carbons (Fsp3) is 0.409. The van der Waals surface area contributed by atoms with Crippen LogP contribution >= 0.6 is 15.9 Å². The number of rotatable bonds is 4. The van der Waals surface area contributed by atoms with E-state index in [-0.39, 0.29) is 11.8 Å². The van der Waals surface area contributed by atoms with E-state index in [1.165, 1.54) is 4.31 Å². The van der Waals surface area contributed by atoms with Crippen molar-refractivity contribution < 1.29 is 13.2 Å². The quantitative estimate of drug-likeness (QED) is 0.690. The molecule has 1 saturated heterocycles. The van der Waals surface area contributed by atoms with Crippen LogP contribution in [-0.2, 0) is 14.8 Å². The Hall–Kier alpha value is -1.70. The zero-order valence-corrected chi connectivity index (χ0v) is 19.7. The smallest absolute Gasteiger partial charge is 0.243 e. The van der Waals surface area contributed by atoms with E-state index in [9.17, 15) is 13.2 Å². The first-order valence-electron chi connectivity index (χ1n) is 9.74. The molecule has 1 N–H and O–H groups in total. The van der Waals surface area contributed by atoms with Crippen molar-refractivity contribution in [2.24, 2.45) is 5.92 Å². The van der Waals surface area contributed by atoms with Crippen molar-refractivity contribution in [3.05, 3.63) is 57.1 Å². The molecule has 0 spiro atoms. The Morgan fingerprint density at radius 2 is 1.59 bits per heavy atom. The molecule has 0 aromatic heterocycles. The third-order valence-corrected chi connectivity index (χ3v) is 8.27. The molecule has 1 heterocycles. The van der Waals surface area contributed by atoms with Crippen LogP contribution in [0.25, 0.3) is 0 Å². The Labute approximate surface area is 181 Å². The summed E-state index contributed by atoms with van der Waals surface area (Å²) in [5.74, 6) is -0.260. The van der Waals surface area contributed by atoms with Gasteiger partial charge >= 0.3 is 0 Å². The number of hydrogen-bond acceptors (Lipinski definition) is 3. The van der Waals surface area contributed by atoms with Crippen molar-refractivity contribution in [3.8, 4) is 0 Å². The highest BCUT2D eigenvalue weighted by Gasteiger charge is 2.33. The SMILES string of the molecule is Cc1cc(C)c(S(=O)(=O)N2CCC(C(=O)Nc3ccc(C)cc3Br)CC2)c(C)c1. The van der Waals surface area contributed by atoms with Crippen molar-refractivity contribution in [1.82, 2.24) is 4.31 Å². The van der Waals surface area contributed by atoms with Gasteiger partial charge in [0.05, 0.1) is 10.6 Å². The summed E-state index contributed by atoms with van der Waals surface area (Å²) >= 11 is 3.48. The van der Waals surface area contributed by atoms with Gasteiger partial charge < -0.3 is 5.32 Å². The van der Waals surface area contributed by atoms with Crippen molar-refractivity contribution in [2.45, 2.75) is 45.4 Å². The van der Waals surface area contributed by atoms with Gasteiger partial charge in [0, 0.05) is 23.5 Å². The van der Waals surface area contributed by atoms with Crippen LogP contribution in [0.4, 0.5) is 5.69 Å². The largest absolute Gasteiger partial charge is 0.325 e. The number of carbonyl (C=O) groups excluding carboxylic acids is 1. The minimum Gasteiger partial charge on any atom is -0.325 e. The Bertz CT molecular complexity index is 1020. The molecule has 1 fully saturated rings. The fourth-order valence-corrected chi connectivity index (χ4v) is 6.49. The van der Waals surface area contributed by atoms with E-state index in [2.05, 4.69) is 21.2 Å². The molecule has 2 aromatic carbocycles. The number of benzene rings is 2. The number of sulfonamides is 1. The maximum absolute atomic E-state index is 13.2. The highest BCUT2D eigenvalue weighted by Crippen LogP contribution is 2.30. The van der Waals surface area contributed by atoms with Crippen LogP contribution in [0.1, 0.15) is 35.1 Å². The molecule has 156 valence electrons. The molecule has 5 nitrogen and oxygen atoms in total. The van der Waals surface area contributed by atoms with E-state index >= 15 is 0 Å². The summed E-state index contributed by atoms with van der Waals surface area (Å²) in [5, 5.41) is 2.96. The lowest BCUT2D eigenvalue weighted by atomic mass is 9.97. The van der Waals surface area contributed by atoms with Crippen molar-refractivity contribution in [3.63, 3.8) is 0 Å². The highest BCUT2D eigenvalue weighted by molar-refractivity contribution is 9.10. The summed E-state index contributed by atoms with van der Waals surface area (Å²) in [6.07, 6.45) is 1.02. The number of aryl methyl sites for hydroxylation is 4. The number of halogens is 1. The Morgan fingerprint density at radius 1 is 1.00 bits per heavy atom. The van der Waals surface area contributed by atoms with E-state index in [4.69, 9.17) is 0 Å². The minimum absolute atomic E-state index is 0.0608. The van der Waals surface area contributed by atoms with Gasteiger partial charge in [0.1, 0.15) is 0 Å². The lowest BCUT2D eigenvalue weighted by molar-refractivity contribution is -0.120. The van der Waals surface area contributed by atoms with Crippen molar-refractivity contribution in [2.75, 3.05) is 18.4 Å². The van der Waals surface area contributed by atoms with Crippen LogP contribution in [0.5, 0.6) is 0 Å². The van der Waals surface area contributed by atoms with Crippen LogP contribution in [0.15, 0.2) is 39.7 Å². The van der Waals surface area contributed by atoms with E-state index in [1.807, 2.05) is 58.0 Å². The van der Waals surface area contributed by atoms with Crippen LogP contribution in [0, 0.1) is 33.6 Å². The van der Waals surface area contributed by atoms with Gasteiger partial charge in [0.2, 0.25) is 15.9 Å². The van der Waals surface area contributed by atoms with Crippen LogP contribution in [0.3, 0.4) is 0 Å². The second-order valence-corrected chi connectivity index (χ2v) is 10.6. The topological polar surface area (TPSA) is 66.5 Å². The third-order valence-electron chi connectivity index (χ3n) is 5.41. The van der Waals surface area contributed by atoms with E-state index in [0.717, 1.165) is 32.4 Å². The Balaban J connectivity index is 1.69. The second kappa shape index (κ2) is 8.58. The fourth-order valence-electron chi connectivity index (χ4n) is 4.02. The molecule has 3 rings (SSSR count). The molecule has 29 heavy (non-hydrogen) atoms. The molecule has 0 bridgehead atoms. The maximum Gasteiger partial charge on any atom is 0.243 e. The summed E-state index contributed by atoms with van der Waals surface area (Å²) in [6, 6.07) is 9.58. The van der Waals surface area contributed by atoms with Gasteiger partial charge in [0.25, 0.3) is 0 Å². The normalized spacial score (nSPS) is 16.0. The molecular formula is C22H27BrN2O3S. The highest BCUT2D eigenvalue weighted by atomic mass is 79.9. The Morgan fingerprint density at radius 3 is 2.14 bits per heavy atom. The third kappa shape index (κ3) is 4.73. The van der Waals surface area contributed by atoms with Gasteiger partial charge in [-0.25, -0.2) is 8.42 Å². The van der Waals surface area contributed by atoms with Crippen LogP contribution in [-0.4, -0.2) is 31.7 Å². The number of piperidine rings is 1. The summed E-state index contributed by atoms with van der Waals surface area (Å²) in [7, 11) is -3.57. The number of carbonyl (C=O) groups is 1. The van der Waals surface area contributed by atoms with Crippen LogP contribution in [0.2, 0.25) is 0 Å². The molecular weight excluding hydrogens is 452 g/mol. The summed E-state index contributed by atoms with van der Waals surface area (Å²) < 4.78 is 28.8. The van der Waals surface area contributed by atoms with Crippen LogP contribution < -0.4 is 5.32 Å². The second-order valence-electron chi connectivity index (χ2n) is 7.88. The molecule has 1 aliphatic heterocycles. The monoisotopic (exact) mass is 478 g/mol. The van der Waals surface area contributed by atoms with Crippen molar-refractivity contribution in [1.29, 1.82) is 0 Å². The zero-order chi connectivity index (χ0) is 21.3. The Kier molecular flexibility index (Phi) is 6.51. The number of amides is 1. The molecule has 0 saturated carbocycles. The molecule has 0 unspecified atom stereocenters. The standard InChI is InChI=1S/C22H27BrN2O3S/c1-14-5-6-20(19(23)13-14)24-22(26)18-7-9-25(10-8-18)29(27,28)21-16(3)11-15(2)12-17(21)4/h5-6,11-13,18H,7-10H2,1-4H3,(H,24,26). The molecule has 7 heteroatoms. The van der Waals surface area contributed by atoms with Gasteiger partial charge in [0.15, 0.2) is 0 Å². The zero-order valence-electron chi connectivity index (χ0n) is 17.3. The number of hydrogen-bond donors (Lipinski definition) is 1. The van der Waals surface area contributed by atoms with Crippen molar-refractivity contribution >= 4 is 37.5 Å². The minimum atomic E-state index is -3.57. The maximum atomic E-state index is 13.2. The lowest BCUT2D eigenvalue weighted by Gasteiger charge is -2.31. The average molecular weight is 479 g/mol. The van der Waals surface area contributed by atoms with Gasteiger partial charge in [-0.2, -0.15) is 4.31 Å². The lowest BCUT2D eigenvalue weighted by Crippen LogP contribution is -2.41. The first-order valence-corrected chi connectivity index (χ1v) is 12.0. The van der Waals surface area contributed by atoms with Gasteiger partial charge in [-0.15, -0.1) is 0 Å². The summed E-state index contributed by atoms with van der Waals surface area (Å²) in [6.45, 7) is 8.33. The number of nitrogens with one attached hydrogen (secondary N) is 1. The van der Waals surface area contributed by atoms with E-state index in [1.54, 1.807) is 0 Å². The number of anilines is 1. The van der Waals surface area contributed by atoms with Gasteiger partial charge in [-0.3, -0.25) is 4.79 Å². The van der Waals surface area contributed by atoms with E-state index in [0.29, 0.717) is 30.8 Å². The average Bonchev–Trinajstić information content (AvgIpc) is 2.63. The molecule has 0 aliphatic carbocycles. The first-order chi connectivity index (χ1) is 13.6.